The van der Waals surface area contributed by atoms with Gasteiger partial charge < -0.3 is 0 Å². The maximum atomic E-state index is 12.3. The maximum absolute atomic E-state index is 12.3. The first kappa shape index (κ1) is 13.8. The second-order valence-corrected chi connectivity index (χ2v) is 6.28. The van der Waals surface area contributed by atoms with Crippen LogP contribution in [-0.2, 0) is 23.1 Å². The molecule has 0 aliphatic rings. The summed E-state index contributed by atoms with van der Waals surface area (Å²) in [4.78, 5) is 0.299. The van der Waals surface area contributed by atoms with Gasteiger partial charge in [-0.1, -0.05) is 18.2 Å². The maximum Gasteiger partial charge on any atom is 0.243 e. The van der Waals surface area contributed by atoms with Crippen molar-refractivity contribution < 1.29 is 8.42 Å². The third-order valence-corrected chi connectivity index (χ3v) is 4.67. The zero-order chi connectivity index (χ0) is 13.9. The van der Waals surface area contributed by atoms with Crippen molar-refractivity contribution in [1.29, 1.82) is 0 Å². The van der Waals surface area contributed by atoms with Gasteiger partial charge in [0.2, 0.25) is 10.0 Å². The molecular weight excluding hydrogens is 262 g/mol. The van der Waals surface area contributed by atoms with Crippen molar-refractivity contribution in [2.45, 2.75) is 24.9 Å². The zero-order valence-electron chi connectivity index (χ0n) is 11.0. The Hall–Kier alpha value is -1.66. The molecule has 0 saturated carbocycles. The molecule has 0 aliphatic carbocycles. The van der Waals surface area contributed by atoms with Gasteiger partial charge in [-0.3, -0.25) is 4.68 Å². The summed E-state index contributed by atoms with van der Waals surface area (Å²) in [5.74, 6) is 0. The number of aromatic nitrogens is 2. The summed E-state index contributed by atoms with van der Waals surface area (Å²) in [5.41, 5.74) is 0.740. The van der Waals surface area contributed by atoms with Crippen LogP contribution in [0.1, 0.15) is 12.6 Å². The van der Waals surface area contributed by atoms with E-state index >= 15 is 0 Å². The van der Waals surface area contributed by atoms with E-state index < -0.39 is 10.0 Å². The smallest absolute Gasteiger partial charge is 0.243 e. The molecule has 1 aromatic heterocycles. The third kappa shape index (κ3) is 3.02. The van der Waals surface area contributed by atoms with Crippen LogP contribution in [0.15, 0.2) is 47.5 Å². The molecule has 0 saturated heterocycles. The Morgan fingerprint density at radius 2 is 1.89 bits per heavy atom. The van der Waals surface area contributed by atoms with Crippen LogP contribution in [-0.4, -0.2) is 29.6 Å². The summed E-state index contributed by atoms with van der Waals surface area (Å²) in [5, 5.41) is 4.29. The van der Waals surface area contributed by atoms with Crippen molar-refractivity contribution >= 4 is 10.0 Å². The normalized spacial score (nSPS) is 11.9. The van der Waals surface area contributed by atoms with E-state index in [9.17, 15) is 8.42 Å². The highest BCUT2D eigenvalue weighted by atomic mass is 32.2. The monoisotopic (exact) mass is 279 g/mol. The van der Waals surface area contributed by atoms with Crippen molar-refractivity contribution in [3.8, 4) is 0 Å². The minimum atomic E-state index is -3.45. The Bertz CT molecular complexity index is 635. The molecule has 102 valence electrons. The molecule has 0 fully saturated rings. The van der Waals surface area contributed by atoms with Gasteiger partial charge in [-0.2, -0.15) is 9.40 Å². The van der Waals surface area contributed by atoms with E-state index in [0.717, 1.165) is 12.2 Å². The fourth-order valence-electron chi connectivity index (χ4n) is 1.75. The number of nitrogens with zero attached hydrogens (tertiary/aromatic N) is 3. The molecule has 1 heterocycles. The molecular formula is C13H17N3O2S. The lowest BCUT2D eigenvalue weighted by molar-refractivity contribution is 0.458. The van der Waals surface area contributed by atoms with Crippen molar-refractivity contribution in [1.82, 2.24) is 14.1 Å². The summed E-state index contributed by atoms with van der Waals surface area (Å²) >= 11 is 0. The number of hydrogen-bond acceptors (Lipinski definition) is 3. The highest BCUT2D eigenvalue weighted by Crippen LogP contribution is 2.15. The minimum Gasteiger partial charge on any atom is -0.273 e. The number of sulfonamides is 1. The summed E-state index contributed by atoms with van der Waals surface area (Å²) in [6.07, 6.45) is 1.85. The van der Waals surface area contributed by atoms with Crippen molar-refractivity contribution in [2.24, 2.45) is 0 Å². The van der Waals surface area contributed by atoms with E-state index in [1.807, 2.05) is 19.2 Å². The first-order chi connectivity index (χ1) is 9.04. The molecule has 2 rings (SSSR count). The van der Waals surface area contributed by atoms with Gasteiger partial charge in [0, 0.05) is 19.8 Å². The van der Waals surface area contributed by atoms with Crippen molar-refractivity contribution in [3.05, 3.63) is 48.3 Å². The van der Waals surface area contributed by atoms with E-state index in [1.54, 1.807) is 42.1 Å². The van der Waals surface area contributed by atoms with Crippen LogP contribution in [0.4, 0.5) is 0 Å². The van der Waals surface area contributed by atoms with Crippen LogP contribution < -0.4 is 0 Å². The third-order valence-electron chi connectivity index (χ3n) is 2.86. The number of hydrogen-bond donors (Lipinski definition) is 0. The molecule has 2 aromatic rings. The van der Waals surface area contributed by atoms with Gasteiger partial charge in [-0.05, 0) is 25.1 Å². The summed E-state index contributed by atoms with van der Waals surface area (Å²) in [7, 11) is -1.89. The molecule has 0 N–H and O–H groups in total. The lowest BCUT2D eigenvalue weighted by atomic mass is 10.4. The fourth-order valence-corrected chi connectivity index (χ4v) is 2.91. The predicted molar refractivity (Wildman–Crippen MR) is 73.0 cm³/mol. The van der Waals surface area contributed by atoms with E-state index in [2.05, 4.69) is 5.10 Å². The van der Waals surface area contributed by atoms with Crippen molar-refractivity contribution in [3.63, 3.8) is 0 Å². The lowest BCUT2D eigenvalue weighted by Gasteiger charge is -2.15. The highest BCUT2D eigenvalue weighted by molar-refractivity contribution is 7.89. The van der Waals surface area contributed by atoms with Gasteiger partial charge in [-0.15, -0.1) is 0 Å². The summed E-state index contributed by atoms with van der Waals surface area (Å²) in [6.45, 7) is 3.03. The zero-order valence-corrected chi connectivity index (χ0v) is 11.8. The second kappa shape index (κ2) is 5.54. The van der Waals surface area contributed by atoms with Gasteiger partial charge >= 0.3 is 0 Å². The van der Waals surface area contributed by atoms with Gasteiger partial charge in [0.05, 0.1) is 17.1 Å². The van der Waals surface area contributed by atoms with Crippen LogP contribution in [0.3, 0.4) is 0 Å². The Labute approximate surface area is 113 Å². The van der Waals surface area contributed by atoms with Gasteiger partial charge in [0.15, 0.2) is 0 Å². The second-order valence-electron chi connectivity index (χ2n) is 4.24. The molecule has 0 amide bonds. The van der Waals surface area contributed by atoms with Crippen LogP contribution >= 0.6 is 0 Å². The molecule has 6 heteroatoms. The lowest BCUT2D eigenvalue weighted by Crippen LogP contribution is -2.26. The SMILES string of the molecule is CCn1ccc(CN(C)S(=O)(=O)c2ccccc2)n1. The minimum absolute atomic E-state index is 0.268. The van der Waals surface area contributed by atoms with Gasteiger partial charge in [-0.25, -0.2) is 8.42 Å². The molecule has 0 aliphatic heterocycles. The molecule has 1 aromatic carbocycles. The average Bonchev–Trinajstić information content (AvgIpc) is 2.87. The topological polar surface area (TPSA) is 55.2 Å². The molecule has 5 nitrogen and oxygen atoms in total. The average molecular weight is 279 g/mol. The van der Waals surface area contributed by atoms with Crippen LogP contribution in [0.5, 0.6) is 0 Å². The summed E-state index contributed by atoms with van der Waals surface area (Å²) in [6, 6.07) is 10.2. The molecule has 0 spiro atoms. The molecule has 0 unspecified atom stereocenters. The molecule has 0 radical (unpaired) electrons. The first-order valence-corrected chi connectivity index (χ1v) is 7.51. The fraction of sp³-hybridized carbons (Fsp3) is 0.308. The number of benzene rings is 1. The largest absolute Gasteiger partial charge is 0.273 e. The number of aryl methyl sites for hydroxylation is 1. The summed E-state index contributed by atoms with van der Waals surface area (Å²) < 4.78 is 27.7. The standard InChI is InChI=1S/C13H17N3O2S/c1-3-16-10-9-12(14-16)11-15(2)19(17,18)13-7-5-4-6-8-13/h4-10H,3,11H2,1-2H3. The Morgan fingerprint density at radius 3 is 2.47 bits per heavy atom. The van der Waals surface area contributed by atoms with E-state index in [0.29, 0.717) is 4.90 Å². The molecule has 19 heavy (non-hydrogen) atoms. The van der Waals surface area contributed by atoms with E-state index in [1.165, 1.54) is 4.31 Å². The highest BCUT2D eigenvalue weighted by Gasteiger charge is 2.21. The van der Waals surface area contributed by atoms with Crippen LogP contribution in [0.2, 0.25) is 0 Å². The Morgan fingerprint density at radius 1 is 1.21 bits per heavy atom. The van der Waals surface area contributed by atoms with Gasteiger partial charge in [0.1, 0.15) is 0 Å². The van der Waals surface area contributed by atoms with E-state index in [4.69, 9.17) is 0 Å². The predicted octanol–water partition coefficient (Wildman–Crippen LogP) is 1.72. The molecule has 0 bridgehead atoms. The Kier molecular flexibility index (Phi) is 4.01. The van der Waals surface area contributed by atoms with Gasteiger partial charge in [0.25, 0.3) is 0 Å². The number of rotatable bonds is 5. The first-order valence-electron chi connectivity index (χ1n) is 6.07. The van der Waals surface area contributed by atoms with Crippen molar-refractivity contribution in [2.75, 3.05) is 7.05 Å². The quantitative estimate of drug-likeness (QED) is 0.837. The van der Waals surface area contributed by atoms with Crippen LogP contribution in [0, 0.1) is 0 Å². The Balaban J connectivity index is 2.17. The van der Waals surface area contributed by atoms with E-state index in [-0.39, 0.29) is 6.54 Å². The van der Waals surface area contributed by atoms with Crippen LogP contribution in [0.25, 0.3) is 0 Å². The molecule has 0 atom stereocenters.